The largest absolute Gasteiger partial charge is 0.358 e. The first kappa shape index (κ1) is 15.2. The number of sulfonamides is 1. The molecule has 0 aliphatic heterocycles. The minimum absolute atomic E-state index is 0.0494. The van der Waals surface area contributed by atoms with Gasteiger partial charge in [0, 0.05) is 22.2 Å². The molecule has 0 bridgehead atoms. The van der Waals surface area contributed by atoms with Crippen LogP contribution in [0.2, 0.25) is 0 Å². The standard InChI is InChI=1S/C16H14FN3O2S/c1-11-15(14-4-2-3-5-16(14)19-11)10-18-20-23(21,22)13-8-6-12(17)7-9-13/h2-10,19-20H,1H3. The predicted molar refractivity (Wildman–Crippen MR) is 87.4 cm³/mol. The van der Waals surface area contributed by atoms with Gasteiger partial charge in [0.15, 0.2) is 0 Å². The maximum atomic E-state index is 12.9. The van der Waals surface area contributed by atoms with Gasteiger partial charge < -0.3 is 4.98 Å². The Labute approximate surface area is 132 Å². The maximum Gasteiger partial charge on any atom is 0.276 e. The number of hydrogen-bond acceptors (Lipinski definition) is 3. The zero-order chi connectivity index (χ0) is 16.4. The fourth-order valence-electron chi connectivity index (χ4n) is 2.29. The number of benzene rings is 2. The van der Waals surface area contributed by atoms with Crippen LogP contribution in [-0.2, 0) is 10.0 Å². The van der Waals surface area contributed by atoms with E-state index in [1.54, 1.807) is 0 Å². The third-order valence-electron chi connectivity index (χ3n) is 3.43. The van der Waals surface area contributed by atoms with E-state index >= 15 is 0 Å². The number of fused-ring (bicyclic) bond motifs is 1. The van der Waals surface area contributed by atoms with Gasteiger partial charge in [0.1, 0.15) is 5.82 Å². The number of H-pyrrole nitrogens is 1. The van der Waals surface area contributed by atoms with Gasteiger partial charge in [-0.3, -0.25) is 0 Å². The van der Waals surface area contributed by atoms with Crippen LogP contribution in [0.1, 0.15) is 11.3 Å². The van der Waals surface area contributed by atoms with Crippen molar-refractivity contribution < 1.29 is 12.8 Å². The monoisotopic (exact) mass is 331 g/mol. The van der Waals surface area contributed by atoms with Crippen molar-refractivity contribution in [3.8, 4) is 0 Å². The average Bonchev–Trinajstić information content (AvgIpc) is 2.84. The van der Waals surface area contributed by atoms with Crippen molar-refractivity contribution in [3.63, 3.8) is 0 Å². The van der Waals surface area contributed by atoms with E-state index < -0.39 is 15.8 Å². The van der Waals surface area contributed by atoms with Gasteiger partial charge in [-0.1, -0.05) is 18.2 Å². The zero-order valence-electron chi connectivity index (χ0n) is 12.2. The van der Waals surface area contributed by atoms with E-state index in [2.05, 4.69) is 14.9 Å². The number of aromatic nitrogens is 1. The fourth-order valence-corrected chi connectivity index (χ4v) is 3.08. The Bertz CT molecular complexity index is 976. The number of hydrogen-bond donors (Lipinski definition) is 2. The number of halogens is 1. The lowest BCUT2D eigenvalue weighted by molar-refractivity contribution is 0.583. The first-order chi connectivity index (χ1) is 11.0. The molecule has 23 heavy (non-hydrogen) atoms. The smallest absolute Gasteiger partial charge is 0.276 e. The van der Waals surface area contributed by atoms with Gasteiger partial charge in [0.25, 0.3) is 10.0 Å². The Morgan fingerprint density at radius 1 is 1.13 bits per heavy atom. The van der Waals surface area contributed by atoms with Crippen LogP contribution in [0.5, 0.6) is 0 Å². The quantitative estimate of drug-likeness (QED) is 0.570. The molecule has 0 amide bonds. The van der Waals surface area contributed by atoms with E-state index in [1.807, 2.05) is 31.2 Å². The number of hydrazone groups is 1. The van der Waals surface area contributed by atoms with Crippen LogP contribution < -0.4 is 4.83 Å². The molecule has 0 spiro atoms. The van der Waals surface area contributed by atoms with Crippen LogP contribution in [0.25, 0.3) is 10.9 Å². The van der Waals surface area contributed by atoms with E-state index in [-0.39, 0.29) is 4.90 Å². The van der Waals surface area contributed by atoms with Crippen molar-refractivity contribution in [2.75, 3.05) is 0 Å². The molecular weight excluding hydrogens is 317 g/mol. The molecule has 2 N–H and O–H groups in total. The summed E-state index contributed by atoms with van der Waals surface area (Å²) in [5, 5.41) is 4.77. The predicted octanol–water partition coefficient (Wildman–Crippen LogP) is 2.93. The minimum Gasteiger partial charge on any atom is -0.358 e. The third kappa shape index (κ3) is 3.09. The lowest BCUT2D eigenvalue weighted by Crippen LogP contribution is -2.18. The molecule has 118 valence electrons. The molecular formula is C16H14FN3O2S. The summed E-state index contributed by atoms with van der Waals surface area (Å²) in [5.41, 5.74) is 2.64. The summed E-state index contributed by atoms with van der Waals surface area (Å²) in [4.78, 5) is 5.28. The van der Waals surface area contributed by atoms with Crippen molar-refractivity contribution in [1.29, 1.82) is 0 Å². The van der Waals surface area contributed by atoms with E-state index in [0.29, 0.717) is 0 Å². The van der Waals surface area contributed by atoms with Crippen LogP contribution in [-0.4, -0.2) is 19.6 Å². The average molecular weight is 331 g/mol. The highest BCUT2D eigenvalue weighted by Gasteiger charge is 2.12. The molecule has 2 aromatic carbocycles. The van der Waals surface area contributed by atoms with Crippen molar-refractivity contribution in [2.24, 2.45) is 5.10 Å². The molecule has 0 aliphatic carbocycles. The highest BCUT2D eigenvalue weighted by atomic mass is 32.2. The Hall–Kier alpha value is -2.67. The summed E-state index contributed by atoms with van der Waals surface area (Å²) >= 11 is 0. The first-order valence-electron chi connectivity index (χ1n) is 6.85. The lowest BCUT2D eigenvalue weighted by atomic mass is 10.1. The molecule has 0 aliphatic rings. The van der Waals surface area contributed by atoms with Crippen LogP contribution in [0.15, 0.2) is 58.5 Å². The number of nitrogens with zero attached hydrogens (tertiary/aromatic N) is 1. The van der Waals surface area contributed by atoms with Crippen LogP contribution in [0, 0.1) is 12.7 Å². The third-order valence-corrected chi connectivity index (χ3v) is 4.67. The van der Waals surface area contributed by atoms with Crippen LogP contribution >= 0.6 is 0 Å². The second-order valence-electron chi connectivity index (χ2n) is 5.02. The second kappa shape index (κ2) is 5.85. The van der Waals surface area contributed by atoms with Gasteiger partial charge in [0.05, 0.1) is 11.1 Å². The number of aryl methyl sites for hydroxylation is 1. The SMILES string of the molecule is Cc1[nH]c2ccccc2c1C=NNS(=O)(=O)c1ccc(F)cc1. The fraction of sp³-hybridized carbons (Fsp3) is 0.0625. The summed E-state index contributed by atoms with van der Waals surface area (Å²) in [7, 11) is -3.82. The van der Waals surface area contributed by atoms with Crippen LogP contribution in [0.4, 0.5) is 4.39 Å². The Morgan fingerprint density at radius 2 is 1.83 bits per heavy atom. The normalized spacial score (nSPS) is 12.1. The summed E-state index contributed by atoms with van der Waals surface area (Å²) in [6.07, 6.45) is 1.45. The Kier molecular flexibility index (Phi) is 3.87. The molecule has 0 saturated heterocycles. The molecule has 1 aromatic heterocycles. The van der Waals surface area contributed by atoms with E-state index in [1.165, 1.54) is 18.3 Å². The molecule has 0 atom stereocenters. The highest BCUT2D eigenvalue weighted by molar-refractivity contribution is 7.89. The van der Waals surface area contributed by atoms with Gasteiger partial charge in [-0.15, -0.1) is 0 Å². The summed E-state index contributed by atoms with van der Waals surface area (Å²) in [6, 6.07) is 12.2. The van der Waals surface area contributed by atoms with E-state index in [4.69, 9.17) is 0 Å². The maximum absolute atomic E-state index is 12.9. The van der Waals surface area contributed by atoms with Crippen molar-refractivity contribution in [3.05, 3.63) is 65.6 Å². The number of para-hydroxylation sites is 1. The molecule has 0 saturated carbocycles. The van der Waals surface area contributed by atoms with Gasteiger partial charge >= 0.3 is 0 Å². The number of rotatable bonds is 4. The van der Waals surface area contributed by atoms with E-state index in [0.717, 1.165) is 34.3 Å². The van der Waals surface area contributed by atoms with Crippen LogP contribution in [0.3, 0.4) is 0 Å². The van der Waals surface area contributed by atoms with Gasteiger partial charge in [0.2, 0.25) is 0 Å². The summed E-state index contributed by atoms with van der Waals surface area (Å²) in [6.45, 7) is 1.88. The topological polar surface area (TPSA) is 74.3 Å². The second-order valence-corrected chi connectivity index (χ2v) is 6.68. The number of nitrogens with one attached hydrogen (secondary N) is 2. The van der Waals surface area contributed by atoms with E-state index in [9.17, 15) is 12.8 Å². The van der Waals surface area contributed by atoms with Gasteiger partial charge in [-0.2, -0.15) is 13.5 Å². The Balaban J connectivity index is 1.85. The van der Waals surface area contributed by atoms with Crippen molar-refractivity contribution in [1.82, 2.24) is 9.82 Å². The minimum atomic E-state index is -3.82. The molecule has 3 aromatic rings. The van der Waals surface area contributed by atoms with Crippen molar-refractivity contribution in [2.45, 2.75) is 11.8 Å². The molecule has 0 fully saturated rings. The number of aromatic amines is 1. The molecule has 1 heterocycles. The molecule has 7 heteroatoms. The van der Waals surface area contributed by atoms with Gasteiger partial charge in [-0.25, -0.2) is 9.22 Å². The molecule has 5 nitrogen and oxygen atoms in total. The molecule has 0 unspecified atom stereocenters. The Morgan fingerprint density at radius 3 is 2.57 bits per heavy atom. The highest BCUT2D eigenvalue weighted by Crippen LogP contribution is 2.20. The summed E-state index contributed by atoms with van der Waals surface area (Å²) in [5.74, 6) is -0.498. The molecule has 0 radical (unpaired) electrons. The summed E-state index contributed by atoms with van der Waals surface area (Å²) < 4.78 is 37.0. The lowest BCUT2D eigenvalue weighted by Gasteiger charge is -2.02. The zero-order valence-corrected chi connectivity index (χ0v) is 13.1. The first-order valence-corrected chi connectivity index (χ1v) is 8.33. The van der Waals surface area contributed by atoms with Gasteiger partial charge in [-0.05, 0) is 37.3 Å². The molecule has 3 rings (SSSR count). The van der Waals surface area contributed by atoms with Crippen molar-refractivity contribution >= 4 is 27.1 Å².